The molecule has 1 aromatic rings. The average molecular weight is 294 g/mol. The second kappa shape index (κ2) is 7.56. The Morgan fingerprint density at radius 2 is 2.14 bits per heavy atom. The van der Waals surface area contributed by atoms with E-state index in [9.17, 15) is 4.79 Å². The fourth-order valence-corrected chi connectivity index (χ4v) is 2.70. The van der Waals surface area contributed by atoms with Crippen molar-refractivity contribution in [2.45, 2.75) is 33.2 Å². The molecular formula is C15H26N4O2. The number of hydrogen-bond donors (Lipinski definition) is 1. The minimum atomic E-state index is 0.0806. The van der Waals surface area contributed by atoms with Crippen molar-refractivity contribution >= 4 is 5.91 Å². The number of rotatable bonds is 6. The molecule has 2 N–H and O–H groups in total. The summed E-state index contributed by atoms with van der Waals surface area (Å²) in [6.07, 6.45) is 1.80. The summed E-state index contributed by atoms with van der Waals surface area (Å²) < 4.78 is 5.24. The van der Waals surface area contributed by atoms with E-state index in [-0.39, 0.29) is 11.8 Å². The molecule has 0 aromatic carbocycles. The normalized spacial score (nSPS) is 18.0. The fraction of sp³-hybridized carbons (Fsp3) is 0.733. The van der Waals surface area contributed by atoms with Crippen LogP contribution in [0.15, 0.2) is 10.6 Å². The predicted octanol–water partition coefficient (Wildman–Crippen LogP) is 1.00. The van der Waals surface area contributed by atoms with Crippen LogP contribution in [-0.4, -0.2) is 53.6 Å². The van der Waals surface area contributed by atoms with Gasteiger partial charge in [0.15, 0.2) is 5.76 Å². The molecule has 0 bridgehead atoms. The van der Waals surface area contributed by atoms with Crippen molar-refractivity contribution in [2.24, 2.45) is 11.7 Å². The van der Waals surface area contributed by atoms with E-state index >= 15 is 0 Å². The maximum Gasteiger partial charge on any atom is 0.225 e. The minimum Gasteiger partial charge on any atom is -0.360 e. The van der Waals surface area contributed by atoms with Gasteiger partial charge < -0.3 is 15.2 Å². The Morgan fingerprint density at radius 3 is 2.71 bits per heavy atom. The Hall–Kier alpha value is -1.40. The SMILES string of the molecule is Cc1cc(CN2CCN(C(=O)C(C)CCCN)CC2)on1. The fourth-order valence-electron chi connectivity index (χ4n) is 2.70. The zero-order valence-electron chi connectivity index (χ0n) is 13.0. The molecular weight excluding hydrogens is 268 g/mol. The van der Waals surface area contributed by atoms with Crippen molar-refractivity contribution in [1.29, 1.82) is 0 Å². The molecule has 6 nitrogen and oxygen atoms in total. The van der Waals surface area contributed by atoms with Gasteiger partial charge in [0.05, 0.1) is 12.2 Å². The summed E-state index contributed by atoms with van der Waals surface area (Å²) in [5, 5.41) is 3.90. The molecule has 1 amide bonds. The molecule has 0 aliphatic carbocycles. The van der Waals surface area contributed by atoms with Crippen LogP contribution < -0.4 is 5.73 Å². The van der Waals surface area contributed by atoms with Crippen LogP contribution in [0.3, 0.4) is 0 Å². The Morgan fingerprint density at radius 1 is 1.43 bits per heavy atom. The number of piperazine rings is 1. The van der Waals surface area contributed by atoms with E-state index in [2.05, 4.69) is 10.1 Å². The first-order valence-electron chi connectivity index (χ1n) is 7.73. The highest BCUT2D eigenvalue weighted by molar-refractivity contribution is 5.78. The Kier molecular flexibility index (Phi) is 5.76. The summed E-state index contributed by atoms with van der Waals surface area (Å²) >= 11 is 0. The van der Waals surface area contributed by atoms with E-state index in [1.54, 1.807) is 0 Å². The Balaban J connectivity index is 1.76. The van der Waals surface area contributed by atoms with Crippen molar-refractivity contribution in [3.8, 4) is 0 Å². The highest BCUT2D eigenvalue weighted by atomic mass is 16.5. The molecule has 2 rings (SSSR count). The molecule has 21 heavy (non-hydrogen) atoms. The van der Waals surface area contributed by atoms with Gasteiger partial charge in [-0.1, -0.05) is 12.1 Å². The number of nitrogens with two attached hydrogens (primary N) is 1. The number of nitrogens with zero attached hydrogens (tertiary/aromatic N) is 3. The quantitative estimate of drug-likeness (QED) is 0.847. The van der Waals surface area contributed by atoms with E-state index in [1.807, 2.05) is 24.8 Å². The van der Waals surface area contributed by atoms with Gasteiger partial charge in [0, 0.05) is 38.2 Å². The predicted molar refractivity (Wildman–Crippen MR) is 80.5 cm³/mol. The van der Waals surface area contributed by atoms with Gasteiger partial charge >= 0.3 is 0 Å². The molecule has 1 saturated heterocycles. The first kappa shape index (κ1) is 16.0. The van der Waals surface area contributed by atoms with Crippen LogP contribution in [-0.2, 0) is 11.3 Å². The maximum atomic E-state index is 12.3. The largest absolute Gasteiger partial charge is 0.360 e. The summed E-state index contributed by atoms with van der Waals surface area (Å²) in [5.41, 5.74) is 6.41. The van der Waals surface area contributed by atoms with Crippen LogP contribution in [0.5, 0.6) is 0 Å². The van der Waals surface area contributed by atoms with Gasteiger partial charge in [-0.3, -0.25) is 9.69 Å². The molecule has 1 fully saturated rings. The number of amides is 1. The van der Waals surface area contributed by atoms with Crippen molar-refractivity contribution in [2.75, 3.05) is 32.7 Å². The van der Waals surface area contributed by atoms with E-state index in [0.717, 1.165) is 57.0 Å². The molecule has 1 atom stereocenters. The molecule has 1 aromatic heterocycles. The second-order valence-corrected chi connectivity index (χ2v) is 5.87. The number of carbonyl (C=O) groups excluding carboxylic acids is 1. The van der Waals surface area contributed by atoms with Crippen LogP contribution in [0.1, 0.15) is 31.2 Å². The minimum absolute atomic E-state index is 0.0806. The van der Waals surface area contributed by atoms with Crippen molar-refractivity contribution in [3.63, 3.8) is 0 Å². The van der Waals surface area contributed by atoms with Crippen LogP contribution in [0.4, 0.5) is 0 Å². The smallest absolute Gasteiger partial charge is 0.225 e. The van der Waals surface area contributed by atoms with Gasteiger partial charge in [0.2, 0.25) is 5.91 Å². The molecule has 6 heteroatoms. The standard InChI is InChI=1S/C15H26N4O2/c1-12(4-3-5-16)15(20)19-8-6-18(7-9-19)11-14-10-13(2)17-21-14/h10,12H,3-9,11,16H2,1-2H3. The average Bonchev–Trinajstić information content (AvgIpc) is 2.90. The van der Waals surface area contributed by atoms with Gasteiger partial charge in [-0.15, -0.1) is 0 Å². The second-order valence-electron chi connectivity index (χ2n) is 5.87. The summed E-state index contributed by atoms with van der Waals surface area (Å²) in [6.45, 7) is 8.70. The third-order valence-corrected chi connectivity index (χ3v) is 4.00. The third-order valence-electron chi connectivity index (χ3n) is 4.00. The number of hydrogen-bond acceptors (Lipinski definition) is 5. The summed E-state index contributed by atoms with van der Waals surface area (Å²) in [6, 6.07) is 1.96. The highest BCUT2D eigenvalue weighted by Gasteiger charge is 2.25. The number of carbonyl (C=O) groups is 1. The van der Waals surface area contributed by atoms with Crippen molar-refractivity contribution in [1.82, 2.24) is 15.0 Å². The lowest BCUT2D eigenvalue weighted by Gasteiger charge is -2.35. The molecule has 0 saturated carbocycles. The van der Waals surface area contributed by atoms with Crippen LogP contribution in [0, 0.1) is 12.8 Å². The summed E-state index contributed by atoms with van der Waals surface area (Å²) in [7, 11) is 0. The monoisotopic (exact) mass is 294 g/mol. The van der Waals surface area contributed by atoms with Crippen LogP contribution in [0.25, 0.3) is 0 Å². The lowest BCUT2D eigenvalue weighted by molar-refractivity contribution is -0.137. The zero-order valence-corrected chi connectivity index (χ0v) is 13.0. The molecule has 1 aliphatic heterocycles. The maximum absolute atomic E-state index is 12.3. The van der Waals surface area contributed by atoms with Crippen LogP contribution >= 0.6 is 0 Å². The van der Waals surface area contributed by atoms with Gasteiger partial charge in [-0.2, -0.15) is 0 Å². The number of aromatic nitrogens is 1. The molecule has 2 heterocycles. The highest BCUT2D eigenvalue weighted by Crippen LogP contribution is 2.14. The topological polar surface area (TPSA) is 75.6 Å². The van der Waals surface area contributed by atoms with E-state index in [0.29, 0.717) is 6.54 Å². The summed E-state index contributed by atoms with van der Waals surface area (Å²) in [4.78, 5) is 16.6. The lowest BCUT2D eigenvalue weighted by Crippen LogP contribution is -2.49. The van der Waals surface area contributed by atoms with Gasteiger partial charge in [0.25, 0.3) is 0 Å². The van der Waals surface area contributed by atoms with Crippen molar-refractivity contribution < 1.29 is 9.32 Å². The van der Waals surface area contributed by atoms with E-state index in [1.165, 1.54) is 0 Å². The van der Waals surface area contributed by atoms with E-state index in [4.69, 9.17) is 10.3 Å². The molecule has 0 spiro atoms. The molecule has 118 valence electrons. The number of aryl methyl sites for hydroxylation is 1. The van der Waals surface area contributed by atoms with Gasteiger partial charge in [-0.05, 0) is 26.3 Å². The Labute approximate surface area is 126 Å². The molecule has 1 aliphatic rings. The lowest BCUT2D eigenvalue weighted by atomic mass is 10.0. The van der Waals surface area contributed by atoms with Crippen LogP contribution in [0.2, 0.25) is 0 Å². The first-order valence-corrected chi connectivity index (χ1v) is 7.73. The zero-order chi connectivity index (χ0) is 15.2. The summed E-state index contributed by atoms with van der Waals surface area (Å²) in [5.74, 6) is 1.24. The molecule has 0 radical (unpaired) electrons. The van der Waals surface area contributed by atoms with Gasteiger partial charge in [-0.25, -0.2) is 0 Å². The third kappa shape index (κ3) is 4.54. The first-order chi connectivity index (χ1) is 10.1. The van der Waals surface area contributed by atoms with Crippen molar-refractivity contribution in [3.05, 3.63) is 17.5 Å². The Bertz CT molecular complexity index is 452. The van der Waals surface area contributed by atoms with E-state index < -0.39 is 0 Å². The molecule has 1 unspecified atom stereocenters. The van der Waals surface area contributed by atoms with Gasteiger partial charge in [0.1, 0.15) is 0 Å².